The van der Waals surface area contributed by atoms with Gasteiger partial charge < -0.3 is 14.7 Å². The van der Waals surface area contributed by atoms with Crippen LogP contribution in [0.2, 0.25) is 0 Å². The number of pyridine rings is 1. The standard InChI is InChI=1S/C12H18N2O3/c1-12(2,14(3)4)8-17-10-7-9(11(15)16)5-6-13-10/h5-7H,8H2,1-4H3,(H,15,16). The van der Waals surface area contributed by atoms with Gasteiger partial charge in [-0.3, -0.25) is 0 Å². The number of likely N-dealkylation sites (N-methyl/N-ethyl adjacent to an activating group) is 1. The van der Waals surface area contributed by atoms with Crippen LogP contribution in [0.5, 0.6) is 5.88 Å². The maximum absolute atomic E-state index is 10.8. The van der Waals surface area contributed by atoms with Gasteiger partial charge in [0.05, 0.1) is 5.56 Å². The van der Waals surface area contributed by atoms with Crippen LogP contribution in [0.25, 0.3) is 0 Å². The van der Waals surface area contributed by atoms with E-state index in [1.54, 1.807) is 0 Å². The van der Waals surface area contributed by atoms with Gasteiger partial charge in [0.15, 0.2) is 0 Å². The smallest absolute Gasteiger partial charge is 0.335 e. The molecular weight excluding hydrogens is 220 g/mol. The van der Waals surface area contributed by atoms with Gasteiger partial charge in [-0.2, -0.15) is 0 Å². The van der Waals surface area contributed by atoms with Gasteiger partial charge in [0.25, 0.3) is 0 Å². The maximum atomic E-state index is 10.8. The van der Waals surface area contributed by atoms with Crippen LogP contribution < -0.4 is 4.74 Å². The van der Waals surface area contributed by atoms with Gasteiger partial charge in [0.1, 0.15) is 6.61 Å². The second kappa shape index (κ2) is 5.14. The zero-order valence-electron chi connectivity index (χ0n) is 10.6. The summed E-state index contributed by atoms with van der Waals surface area (Å²) in [6.07, 6.45) is 1.43. The highest BCUT2D eigenvalue weighted by Gasteiger charge is 2.21. The van der Waals surface area contributed by atoms with E-state index in [0.29, 0.717) is 12.5 Å². The Hall–Kier alpha value is -1.62. The van der Waals surface area contributed by atoms with Crippen molar-refractivity contribution in [2.75, 3.05) is 20.7 Å². The average molecular weight is 238 g/mol. The highest BCUT2D eigenvalue weighted by molar-refractivity contribution is 5.87. The van der Waals surface area contributed by atoms with Crippen molar-refractivity contribution in [2.45, 2.75) is 19.4 Å². The van der Waals surface area contributed by atoms with Gasteiger partial charge in [-0.15, -0.1) is 0 Å². The Kier molecular flexibility index (Phi) is 4.07. The van der Waals surface area contributed by atoms with E-state index in [-0.39, 0.29) is 11.1 Å². The topological polar surface area (TPSA) is 62.7 Å². The lowest BCUT2D eigenvalue weighted by Crippen LogP contribution is -2.43. The first kappa shape index (κ1) is 13.4. The third kappa shape index (κ3) is 3.71. The van der Waals surface area contributed by atoms with Crippen molar-refractivity contribution < 1.29 is 14.6 Å². The Morgan fingerprint density at radius 1 is 1.53 bits per heavy atom. The predicted molar refractivity (Wildman–Crippen MR) is 64.5 cm³/mol. The first-order valence-corrected chi connectivity index (χ1v) is 5.32. The summed E-state index contributed by atoms with van der Waals surface area (Å²) < 4.78 is 5.51. The average Bonchev–Trinajstić information content (AvgIpc) is 2.26. The fraction of sp³-hybridized carbons (Fsp3) is 0.500. The molecule has 0 aliphatic heterocycles. The lowest BCUT2D eigenvalue weighted by Gasteiger charge is -2.31. The lowest BCUT2D eigenvalue weighted by atomic mass is 10.1. The number of aromatic nitrogens is 1. The molecule has 1 rings (SSSR count). The van der Waals surface area contributed by atoms with Crippen molar-refractivity contribution in [1.29, 1.82) is 0 Å². The zero-order chi connectivity index (χ0) is 13.1. The molecule has 0 bridgehead atoms. The molecule has 0 spiro atoms. The Labute approximate surface area is 101 Å². The molecule has 0 aliphatic rings. The minimum atomic E-state index is -0.982. The molecule has 1 aromatic rings. The van der Waals surface area contributed by atoms with Gasteiger partial charge in [0, 0.05) is 17.8 Å². The number of carboxylic acid groups (broad SMARTS) is 1. The molecule has 0 atom stereocenters. The van der Waals surface area contributed by atoms with Crippen LogP contribution in [0.3, 0.4) is 0 Å². The second-order valence-corrected chi connectivity index (χ2v) is 4.68. The molecule has 17 heavy (non-hydrogen) atoms. The molecule has 1 aromatic heterocycles. The number of nitrogens with zero attached hydrogens (tertiary/aromatic N) is 2. The minimum absolute atomic E-state index is 0.138. The van der Waals surface area contributed by atoms with Crippen LogP contribution in [-0.4, -0.2) is 47.2 Å². The molecule has 0 unspecified atom stereocenters. The van der Waals surface area contributed by atoms with E-state index in [1.165, 1.54) is 18.3 Å². The van der Waals surface area contributed by atoms with E-state index < -0.39 is 5.97 Å². The molecule has 5 nitrogen and oxygen atoms in total. The molecule has 1 N–H and O–H groups in total. The Balaban J connectivity index is 2.70. The summed E-state index contributed by atoms with van der Waals surface area (Å²) in [6.45, 7) is 4.51. The van der Waals surface area contributed by atoms with Crippen molar-refractivity contribution in [3.8, 4) is 5.88 Å². The fourth-order valence-electron chi connectivity index (χ4n) is 1.00. The molecular formula is C12H18N2O3. The monoisotopic (exact) mass is 238 g/mol. The summed E-state index contributed by atoms with van der Waals surface area (Å²) in [5.41, 5.74) is 0.0404. The summed E-state index contributed by atoms with van der Waals surface area (Å²) in [7, 11) is 3.93. The third-order valence-corrected chi connectivity index (χ3v) is 2.77. The van der Waals surface area contributed by atoms with E-state index in [0.717, 1.165) is 0 Å². The fourth-order valence-corrected chi connectivity index (χ4v) is 1.00. The maximum Gasteiger partial charge on any atom is 0.335 e. The number of carboxylic acids is 1. The number of ether oxygens (including phenoxy) is 1. The van der Waals surface area contributed by atoms with Crippen LogP contribution >= 0.6 is 0 Å². The molecule has 0 aliphatic carbocycles. The zero-order valence-corrected chi connectivity index (χ0v) is 10.6. The summed E-state index contributed by atoms with van der Waals surface area (Å²) in [4.78, 5) is 16.8. The van der Waals surface area contributed by atoms with Crippen LogP contribution in [0, 0.1) is 0 Å². The van der Waals surface area contributed by atoms with E-state index >= 15 is 0 Å². The predicted octanol–water partition coefficient (Wildman–Crippen LogP) is 1.50. The highest BCUT2D eigenvalue weighted by atomic mass is 16.5. The van der Waals surface area contributed by atoms with Gasteiger partial charge in [-0.1, -0.05) is 0 Å². The van der Waals surface area contributed by atoms with Gasteiger partial charge >= 0.3 is 5.97 Å². The molecule has 0 saturated heterocycles. The molecule has 0 amide bonds. The Morgan fingerprint density at radius 3 is 2.71 bits per heavy atom. The van der Waals surface area contributed by atoms with Crippen LogP contribution in [0.4, 0.5) is 0 Å². The Bertz CT molecular complexity index is 402. The quantitative estimate of drug-likeness (QED) is 0.842. The second-order valence-electron chi connectivity index (χ2n) is 4.68. The summed E-state index contributed by atoms with van der Waals surface area (Å²) >= 11 is 0. The van der Waals surface area contributed by atoms with Crippen molar-refractivity contribution in [1.82, 2.24) is 9.88 Å². The molecule has 5 heteroatoms. The first-order valence-electron chi connectivity index (χ1n) is 5.32. The number of hydrogen-bond acceptors (Lipinski definition) is 4. The lowest BCUT2D eigenvalue weighted by molar-refractivity contribution is 0.0695. The largest absolute Gasteiger partial charge is 0.478 e. The van der Waals surface area contributed by atoms with Crippen molar-refractivity contribution >= 4 is 5.97 Å². The molecule has 0 aromatic carbocycles. The summed E-state index contributed by atoms with van der Waals surface area (Å²) in [5, 5.41) is 8.83. The van der Waals surface area contributed by atoms with Gasteiger partial charge in [-0.05, 0) is 34.0 Å². The highest BCUT2D eigenvalue weighted by Crippen LogP contribution is 2.14. The number of hydrogen-bond donors (Lipinski definition) is 1. The van der Waals surface area contributed by atoms with Gasteiger partial charge in [0.2, 0.25) is 5.88 Å². The van der Waals surface area contributed by atoms with Crippen LogP contribution in [0.1, 0.15) is 24.2 Å². The van der Waals surface area contributed by atoms with E-state index in [4.69, 9.17) is 9.84 Å². The summed E-state index contributed by atoms with van der Waals surface area (Å²) in [6, 6.07) is 2.86. The van der Waals surface area contributed by atoms with Crippen molar-refractivity contribution in [3.63, 3.8) is 0 Å². The van der Waals surface area contributed by atoms with Crippen LogP contribution in [-0.2, 0) is 0 Å². The molecule has 94 valence electrons. The third-order valence-electron chi connectivity index (χ3n) is 2.77. The van der Waals surface area contributed by atoms with Gasteiger partial charge in [-0.25, -0.2) is 9.78 Å². The summed E-state index contributed by atoms with van der Waals surface area (Å²) in [5.74, 6) is -0.649. The number of aromatic carboxylic acids is 1. The van der Waals surface area contributed by atoms with Crippen LogP contribution in [0.15, 0.2) is 18.3 Å². The normalized spacial score (nSPS) is 11.6. The van der Waals surface area contributed by atoms with E-state index in [2.05, 4.69) is 4.98 Å². The molecule has 0 saturated carbocycles. The molecule has 0 fully saturated rings. The number of carbonyl (C=O) groups is 1. The molecule has 1 heterocycles. The van der Waals surface area contributed by atoms with E-state index in [9.17, 15) is 4.79 Å². The Morgan fingerprint density at radius 2 is 2.18 bits per heavy atom. The van der Waals surface area contributed by atoms with Crippen molar-refractivity contribution in [2.24, 2.45) is 0 Å². The van der Waals surface area contributed by atoms with Crippen molar-refractivity contribution in [3.05, 3.63) is 23.9 Å². The molecule has 0 radical (unpaired) electrons. The minimum Gasteiger partial charge on any atom is -0.478 e. The number of rotatable bonds is 5. The first-order chi connectivity index (χ1) is 7.83. The van der Waals surface area contributed by atoms with E-state index in [1.807, 2.05) is 32.8 Å². The SMILES string of the molecule is CN(C)C(C)(C)COc1cc(C(=O)O)ccn1.